The lowest BCUT2D eigenvalue weighted by atomic mass is 9.82. The minimum Gasteiger partial charge on any atom is -0.305 e. The Morgan fingerprint density at radius 2 is 1.13 bits per heavy atom. The summed E-state index contributed by atoms with van der Waals surface area (Å²) in [6.45, 7) is 6.51. The van der Waals surface area contributed by atoms with E-state index in [9.17, 15) is 9.59 Å². The van der Waals surface area contributed by atoms with Crippen LogP contribution in [0.3, 0.4) is 0 Å². The molecule has 1 fully saturated rings. The Bertz CT molecular complexity index is 813. The molecule has 5 heteroatoms. The largest absolute Gasteiger partial charge is 0.319 e. The van der Waals surface area contributed by atoms with Gasteiger partial charge in [0, 0.05) is 7.05 Å². The van der Waals surface area contributed by atoms with Crippen LogP contribution in [0.1, 0.15) is 51.2 Å². The number of carbonyl (C=O) groups is 2. The van der Waals surface area contributed by atoms with Gasteiger partial charge in [-0.05, 0) is 29.3 Å². The summed E-state index contributed by atoms with van der Waals surface area (Å²) in [4.78, 5) is 29.9. The number of benzene rings is 2. The van der Waals surface area contributed by atoms with Gasteiger partial charge in [-0.15, -0.1) is 0 Å². The maximum atomic E-state index is 14.4. The lowest BCUT2D eigenvalue weighted by molar-refractivity contribution is -0.129. The van der Waals surface area contributed by atoms with Gasteiger partial charge < -0.3 is 4.90 Å². The molecule has 4 nitrogen and oxygen atoms in total. The second-order valence-corrected chi connectivity index (χ2v) is 12.8. The Morgan fingerprint density at radius 1 is 0.733 bits per heavy atom. The van der Waals surface area contributed by atoms with Crippen molar-refractivity contribution in [3.05, 3.63) is 71.8 Å². The monoisotopic (exact) mass is 422 g/mol. The molecular weight excluding hydrogens is 388 g/mol. The number of amides is 3. The number of hydrogen-bond donors (Lipinski definition) is 0. The number of urea groups is 1. The van der Waals surface area contributed by atoms with Crippen molar-refractivity contribution < 1.29 is 9.59 Å². The van der Waals surface area contributed by atoms with E-state index in [4.69, 9.17) is 0 Å². The van der Waals surface area contributed by atoms with Crippen molar-refractivity contribution in [3.63, 3.8) is 0 Å². The van der Waals surface area contributed by atoms with Crippen LogP contribution in [0.4, 0.5) is 4.79 Å². The first kappa shape index (κ1) is 22.3. The van der Waals surface area contributed by atoms with Gasteiger partial charge in [0.2, 0.25) is 0 Å². The summed E-state index contributed by atoms with van der Waals surface area (Å²) in [6, 6.07) is 22.4. The smallest absolute Gasteiger partial charge is 0.305 e. The molecule has 2 aromatic rings. The highest BCUT2D eigenvalue weighted by molar-refractivity contribution is 6.81. The van der Waals surface area contributed by atoms with E-state index < -0.39 is 13.8 Å². The van der Waals surface area contributed by atoms with Crippen LogP contribution in [-0.2, 0) is 10.3 Å². The first-order chi connectivity index (χ1) is 14.5. The standard InChI is InChI=1S/C25H34N2O2Si/c1-5-18-30(19-6-2,20-7-3)27-23(28)25(26(4)24(27)29,21-14-10-8-11-15-21)22-16-12-9-13-17-22/h8-17H,5-7,18-20H2,1-4H3. The molecule has 3 amide bonds. The average molecular weight is 423 g/mol. The Balaban J connectivity index is 2.26. The van der Waals surface area contributed by atoms with Crippen molar-refractivity contribution in [2.24, 2.45) is 0 Å². The zero-order chi connectivity index (χ0) is 21.8. The third-order valence-corrected chi connectivity index (χ3v) is 12.1. The molecule has 0 spiro atoms. The number of rotatable bonds is 9. The van der Waals surface area contributed by atoms with Gasteiger partial charge in [0.1, 0.15) is 0 Å². The van der Waals surface area contributed by atoms with Gasteiger partial charge in [0.25, 0.3) is 5.91 Å². The predicted octanol–water partition coefficient (Wildman–Crippen LogP) is 6.00. The van der Waals surface area contributed by atoms with Gasteiger partial charge >= 0.3 is 6.03 Å². The fourth-order valence-electron chi connectivity index (χ4n) is 5.37. The van der Waals surface area contributed by atoms with Crippen LogP contribution < -0.4 is 0 Å². The predicted molar refractivity (Wildman–Crippen MR) is 125 cm³/mol. The lowest BCUT2D eigenvalue weighted by Crippen LogP contribution is -2.57. The third-order valence-electron chi connectivity index (χ3n) is 6.50. The summed E-state index contributed by atoms with van der Waals surface area (Å²) in [5.41, 5.74) is 0.603. The van der Waals surface area contributed by atoms with Crippen LogP contribution in [0.15, 0.2) is 60.7 Å². The fraction of sp³-hybridized carbons (Fsp3) is 0.440. The Kier molecular flexibility index (Phi) is 6.81. The molecule has 0 saturated carbocycles. The molecule has 0 aromatic heterocycles. The van der Waals surface area contributed by atoms with Crippen molar-refractivity contribution in [3.8, 4) is 0 Å². The summed E-state index contributed by atoms with van der Waals surface area (Å²) in [6.07, 6.45) is 2.99. The summed E-state index contributed by atoms with van der Waals surface area (Å²) in [5.74, 6) is -0.0607. The van der Waals surface area contributed by atoms with E-state index in [0.29, 0.717) is 0 Å². The van der Waals surface area contributed by atoms with Crippen LogP contribution in [-0.4, -0.2) is 36.7 Å². The molecule has 160 valence electrons. The average Bonchev–Trinajstić information content (AvgIpc) is 2.96. The molecule has 0 N–H and O–H groups in total. The Labute approximate surface area is 182 Å². The van der Waals surface area contributed by atoms with Gasteiger partial charge in [-0.2, -0.15) is 0 Å². The normalized spacial score (nSPS) is 16.4. The van der Waals surface area contributed by atoms with Crippen LogP contribution in [0.2, 0.25) is 18.1 Å². The van der Waals surface area contributed by atoms with E-state index in [1.807, 2.05) is 60.7 Å². The van der Waals surface area contributed by atoms with Gasteiger partial charge in [-0.25, -0.2) is 4.79 Å². The van der Waals surface area contributed by atoms with Crippen LogP contribution in [0.25, 0.3) is 0 Å². The molecule has 0 atom stereocenters. The number of carbonyl (C=O) groups excluding carboxylic acids is 2. The first-order valence-corrected chi connectivity index (χ1v) is 13.8. The minimum atomic E-state index is -2.29. The molecule has 30 heavy (non-hydrogen) atoms. The summed E-state index contributed by atoms with van der Waals surface area (Å²) in [7, 11) is -0.498. The van der Waals surface area contributed by atoms with Crippen molar-refractivity contribution in [2.75, 3.05) is 7.05 Å². The third kappa shape index (κ3) is 3.39. The molecule has 1 aliphatic rings. The van der Waals surface area contributed by atoms with Crippen LogP contribution in [0.5, 0.6) is 0 Å². The van der Waals surface area contributed by atoms with Crippen molar-refractivity contribution >= 4 is 20.2 Å². The molecule has 3 rings (SSSR count). The number of likely N-dealkylation sites (N-methyl/N-ethyl adjacent to an activating group) is 1. The quantitative estimate of drug-likeness (QED) is 0.367. The van der Waals surface area contributed by atoms with Gasteiger partial charge in [0.15, 0.2) is 13.8 Å². The molecule has 1 heterocycles. The molecule has 1 saturated heterocycles. The van der Waals surface area contributed by atoms with Crippen LogP contribution >= 0.6 is 0 Å². The maximum Gasteiger partial charge on any atom is 0.319 e. The fourth-order valence-corrected chi connectivity index (χ4v) is 10.7. The number of hydrogen-bond acceptors (Lipinski definition) is 2. The minimum absolute atomic E-state index is 0.0607. The van der Waals surface area contributed by atoms with E-state index in [-0.39, 0.29) is 11.9 Å². The zero-order valence-corrected chi connectivity index (χ0v) is 19.7. The molecular formula is C25H34N2O2Si. The van der Waals surface area contributed by atoms with Gasteiger partial charge in [-0.3, -0.25) is 9.36 Å². The molecule has 0 bridgehead atoms. The summed E-state index contributed by atoms with van der Waals surface area (Å²) >= 11 is 0. The molecule has 0 aliphatic carbocycles. The topological polar surface area (TPSA) is 40.6 Å². The van der Waals surface area contributed by atoms with Crippen LogP contribution in [0, 0.1) is 0 Å². The zero-order valence-electron chi connectivity index (χ0n) is 18.7. The highest BCUT2D eigenvalue weighted by Crippen LogP contribution is 2.46. The molecule has 1 aliphatic heterocycles. The summed E-state index contributed by atoms with van der Waals surface area (Å²) in [5, 5.41) is 0. The highest BCUT2D eigenvalue weighted by Gasteiger charge is 2.62. The highest BCUT2D eigenvalue weighted by atomic mass is 28.3. The van der Waals surface area contributed by atoms with E-state index >= 15 is 0 Å². The first-order valence-electron chi connectivity index (χ1n) is 11.2. The van der Waals surface area contributed by atoms with Gasteiger partial charge in [0.05, 0.1) is 0 Å². The Hall–Kier alpha value is -2.40. The van der Waals surface area contributed by atoms with E-state index in [1.54, 1.807) is 16.5 Å². The lowest BCUT2D eigenvalue weighted by Gasteiger charge is -2.39. The van der Waals surface area contributed by atoms with Crippen molar-refractivity contribution in [2.45, 2.75) is 63.7 Å². The SMILES string of the molecule is CCC[Si](CCC)(CCC)N1C(=O)N(C)C(c2ccccc2)(c2ccccc2)C1=O. The van der Waals surface area contributed by atoms with Gasteiger partial charge in [-0.1, -0.05) is 101 Å². The second-order valence-electron chi connectivity index (χ2n) is 8.40. The Morgan fingerprint density at radius 3 is 1.50 bits per heavy atom. The second kappa shape index (κ2) is 9.17. The van der Waals surface area contributed by atoms with Crippen molar-refractivity contribution in [1.82, 2.24) is 9.47 Å². The van der Waals surface area contributed by atoms with E-state index in [1.165, 1.54) is 0 Å². The maximum absolute atomic E-state index is 14.4. The molecule has 0 unspecified atom stereocenters. The molecule has 0 radical (unpaired) electrons. The van der Waals surface area contributed by atoms with E-state index in [0.717, 1.165) is 48.5 Å². The van der Waals surface area contributed by atoms with Crippen molar-refractivity contribution in [1.29, 1.82) is 0 Å². The number of imide groups is 1. The molecule has 2 aromatic carbocycles. The van der Waals surface area contributed by atoms with E-state index in [2.05, 4.69) is 20.8 Å². The number of nitrogens with zero attached hydrogens (tertiary/aromatic N) is 2. The summed E-state index contributed by atoms with van der Waals surface area (Å²) < 4.78 is 1.77.